The van der Waals surface area contributed by atoms with Crippen LogP contribution in [0.3, 0.4) is 0 Å². The minimum atomic E-state index is 0.835. The molecule has 0 radical (unpaired) electrons. The minimum Gasteiger partial charge on any atom is -0.456 e. The van der Waals surface area contributed by atoms with Crippen LogP contribution in [0.1, 0.15) is 0 Å². The second-order valence-corrected chi connectivity index (χ2v) is 16.1. The van der Waals surface area contributed by atoms with Gasteiger partial charge in [-0.05, 0) is 122 Å². The van der Waals surface area contributed by atoms with Gasteiger partial charge in [0.25, 0.3) is 0 Å². The average molecular weight is 805 g/mol. The second kappa shape index (κ2) is 15.3. The molecule has 1 heterocycles. The molecular formula is C60H40N2O. The summed E-state index contributed by atoms with van der Waals surface area (Å²) in [5.41, 5.74) is 13.4. The molecule has 12 rings (SSSR count). The fourth-order valence-corrected chi connectivity index (χ4v) is 9.57. The zero-order chi connectivity index (χ0) is 41.7. The van der Waals surface area contributed by atoms with Gasteiger partial charge in [-0.1, -0.05) is 170 Å². The van der Waals surface area contributed by atoms with E-state index in [2.05, 4.69) is 252 Å². The molecule has 0 aromatic heterocycles. The van der Waals surface area contributed by atoms with E-state index in [0.717, 1.165) is 67.5 Å². The Morgan fingerprint density at radius 3 is 1.30 bits per heavy atom. The van der Waals surface area contributed by atoms with E-state index in [4.69, 9.17) is 4.74 Å². The molecule has 0 spiro atoms. The smallest absolute Gasteiger partial charge is 0.137 e. The SMILES string of the molecule is c1ccc(N(c2ccccc2)c2cccc3c2-c2cccc4c(N(c5ccc(-c6cccc7ccccc67)cc5)c5ccc(-c6cccc7ccccc67)cc5)ccc(c24)O3)cc1. The third kappa shape index (κ3) is 6.29. The quantitative estimate of drug-likeness (QED) is 0.152. The summed E-state index contributed by atoms with van der Waals surface area (Å²) in [6, 6.07) is 87.0. The van der Waals surface area contributed by atoms with E-state index in [9.17, 15) is 0 Å². The van der Waals surface area contributed by atoms with Crippen LogP contribution in [0.25, 0.3) is 65.7 Å². The summed E-state index contributed by atoms with van der Waals surface area (Å²) in [6.45, 7) is 0. The van der Waals surface area contributed by atoms with Gasteiger partial charge in [0, 0.05) is 39.1 Å². The Labute approximate surface area is 367 Å². The van der Waals surface area contributed by atoms with Crippen molar-refractivity contribution in [1.82, 2.24) is 0 Å². The summed E-state index contributed by atoms with van der Waals surface area (Å²) < 4.78 is 6.91. The normalized spacial score (nSPS) is 11.6. The molecule has 0 bridgehead atoms. The van der Waals surface area contributed by atoms with Crippen LogP contribution < -0.4 is 14.5 Å². The van der Waals surface area contributed by atoms with E-state index in [1.165, 1.54) is 43.8 Å². The molecule has 0 unspecified atom stereocenters. The van der Waals surface area contributed by atoms with E-state index >= 15 is 0 Å². The first-order valence-electron chi connectivity index (χ1n) is 21.5. The number of para-hydroxylation sites is 2. The van der Waals surface area contributed by atoms with Gasteiger partial charge in [-0.2, -0.15) is 0 Å². The number of hydrogen-bond acceptors (Lipinski definition) is 3. The molecule has 0 aliphatic carbocycles. The van der Waals surface area contributed by atoms with Crippen molar-refractivity contribution < 1.29 is 4.74 Å². The molecule has 1 aliphatic rings. The number of fused-ring (bicyclic) bond motifs is 4. The van der Waals surface area contributed by atoms with Gasteiger partial charge in [0.1, 0.15) is 11.5 Å². The van der Waals surface area contributed by atoms with Crippen molar-refractivity contribution in [3.05, 3.63) is 243 Å². The van der Waals surface area contributed by atoms with Gasteiger partial charge in [-0.25, -0.2) is 0 Å². The predicted octanol–water partition coefficient (Wildman–Crippen LogP) is 17.2. The molecule has 3 heteroatoms. The molecule has 11 aromatic rings. The van der Waals surface area contributed by atoms with Gasteiger partial charge in [-0.15, -0.1) is 0 Å². The lowest BCUT2D eigenvalue weighted by Gasteiger charge is -2.32. The number of ether oxygens (including phenoxy) is 1. The molecule has 1 aliphatic heterocycles. The molecule has 3 nitrogen and oxygen atoms in total. The zero-order valence-corrected chi connectivity index (χ0v) is 34.4. The molecule has 0 fully saturated rings. The molecule has 0 atom stereocenters. The molecule has 296 valence electrons. The van der Waals surface area contributed by atoms with Gasteiger partial charge in [0.15, 0.2) is 0 Å². The highest BCUT2D eigenvalue weighted by atomic mass is 16.5. The highest BCUT2D eigenvalue weighted by Crippen LogP contribution is 2.55. The van der Waals surface area contributed by atoms with E-state index in [0.29, 0.717) is 0 Å². The Bertz CT molecular complexity index is 3300. The van der Waals surface area contributed by atoms with E-state index < -0.39 is 0 Å². The zero-order valence-electron chi connectivity index (χ0n) is 34.4. The summed E-state index contributed by atoms with van der Waals surface area (Å²) in [5.74, 6) is 1.68. The van der Waals surface area contributed by atoms with Crippen molar-refractivity contribution in [2.24, 2.45) is 0 Å². The van der Waals surface area contributed by atoms with Gasteiger partial charge in [0.2, 0.25) is 0 Å². The first kappa shape index (κ1) is 36.5. The Morgan fingerprint density at radius 2 is 0.714 bits per heavy atom. The van der Waals surface area contributed by atoms with Gasteiger partial charge in [-0.3, -0.25) is 0 Å². The van der Waals surface area contributed by atoms with Crippen molar-refractivity contribution in [1.29, 1.82) is 0 Å². The maximum atomic E-state index is 6.91. The van der Waals surface area contributed by atoms with Crippen LogP contribution in [0.2, 0.25) is 0 Å². The lowest BCUT2D eigenvalue weighted by molar-refractivity contribution is 0.487. The second-order valence-electron chi connectivity index (χ2n) is 16.1. The molecule has 0 saturated carbocycles. The largest absolute Gasteiger partial charge is 0.456 e. The van der Waals surface area contributed by atoms with E-state index in [-0.39, 0.29) is 0 Å². The highest BCUT2D eigenvalue weighted by Gasteiger charge is 2.28. The Balaban J connectivity index is 1.03. The summed E-state index contributed by atoms with van der Waals surface area (Å²) in [6.07, 6.45) is 0. The number of benzene rings is 11. The topological polar surface area (TPSA) is 15.7 Å². The van der Waals surface area contributed by atoms with Crippen LogP contribution >= 0.6 is 0 Å². The molecule has 11 aromatic carbocycles. The molecule has 0 amide bonds. The number of anilines is 6. The van der Waals surface area contributed by atoms with Crippen molar-refractivity contribution in [2.45, 2.75) is 0 Å². The van der Waals surface area contributed by atoms with Gasteiger partial charge < -0.3 is 14.5 Å². The molecular weight excluding hydrogens is 765 g/mol. The molecule has 0 N–H and O–H groups in total. The first-order chi connectivity index (χ1) is 31.3. The summed E-state index contributed by atoms with van der Waals surface area (Å²) in [4.78, 5) is 4.72. The number of nitrogens with zero attached hydrogens (tertiary/aromatic N) is 2. The Hall–Kier alpha value is -8.40. The third-order valence-corrected chi connectivity index (χ3v) is 12.4. The number of rotatable bonds is 8. The Morgan fingerprint density at radius 1 is 0.270 bits per heavy atom. The maximum absolute atomic E-state index is 6.91. The fourth-order valence-electron chi connectivity index (χ4n) is 9.57. The highest BCUT2D eigenvalue weighted by molar-refractivity contribution is 6.13. The summed E-state index contributed by atoms with van der Waals surface area (Å²) in [7, 11) is 0. The summed E-state index contributed by atoms with van der Waals surface area (Å²) in [5, 5.41) is 7.15. The maximum Gasteiger partial charge on any atom is 0.137 e. The van der Waals surface area contributed by atoms with E-state index in [1.54, 1.807) is 0 Å². The van der Waals surface area contributed by atoms with Crippen LogP contribution in [0.5, 0.6) is 11.5 Å². The summed E-state index contributed by atoms with van der Waals surface area (Å²) >= 11 is 0. The molecule has 63 heavy (non-hydrogen) atoms. The Kier molecular flexibility index (Phi) is 8.83. The van der Waals surface area contributed by atoms with Crippen LogP contribution in [-0.2, 0) is 0 Å². The third-order valence-electron chi connectivity index (χ3n) is 12.4. The lowest BCUT2D eigenvalue weighted by atomic mass is 9.91. The lowest BCUT2D eigenvalue weighted by Crippen LogP contribution is -2.13. The van der Waals surface area contributed by atoms with Crippen LogP contribution in [-0.4, -0.2) is 0 Å². The van der Waals surface area contributed by atoms with Crippen LogP contribution in [0.4, 0.5) is 34.1 Å². The first-order valence-corrected chi connectivity index (χ1v) is 21.5. The number of hydrogen-bond donors (Lipinski definition) is 0. The van der Waals surface area contributed by atoms with Crippen molar-refractivity contribution in [2.75, 3.05) is 9.80 Å². The van der Waals surface area contributed by atoms with Crippen molar-refractivity contribution in [3.63, 3.8) is 0 Å². The fraction of sp³-hybridized carbons (Fsp3) is 0. The minimum absolute atomic E-state index is 0.835. The van der Waals surface area contributed by atoms with Crippen LogP contribution in [0.15, 0.2) is 243 Å². The van der Waals surface area contributed by atoms with Gasteiger partial charge >= 0.3 is 0 Å². The monoisotopic (exact) mass is 804 g/mol. The van der Waals surface area contributed by atoms with Gasteiger partial charge in [0.05, 0.1) is 11.4 Å². The van der Waals surface area contributed by atoms with Crippen LogP contribution in [0, 0.1) is 0 Å². The van der Waals surface area contributed by atoms with Crippen molar-refractivity contribution in [3.8, 4) is 44.9 Å². The predicted molar refractivity (Wildman–Crippen MR) is 265 cm³/mol. The van der Waals surface area contributed by atoms with E-state index in [1.807, 2.05) is 0 Å². The molecule has 0 saturated heterocycles. The average Bonchev–Trinajstić information content (AvgIpc) is 3.35. The standard InChI is InChI=1S/C60H40N2O/c1-3-19-45(20-4-1)62(46-21-5-2-6-22-46)56-29-14-30-57-60(56)54-28-13-27-53-55(39-40-58(63-57)59(53)54)61(47-35-31-43(32-36-47)51-25-11-17-41-15-7-9-23-49(41)51)48-37-33-44(34-38-48)52-26-12-18-42-16-8-10-24-50(42)52/h1-40H. The van der Waals surface area contributed by atoms with Crippen molar-refractivity contribution >= 4 is 66.4 Å².